The van der Waals surface area contributed by atoms with E-state index >= 15 is 0 Å². The van der Waals surface area contributed by atoms with Gasteiger partial charge in [0, 0.05) is 0 Å². The van der Waals surface area contributed by atoms with Crippen LogP contribution in [-0.2, 0) is 19.8 Å². The summed E-state index contributed by atoms with van der Waals surface area (Å²) in [5.41, 5.74) is 4.44. The molecule has 0 radical (unpaired) electrons. The van der Waals surface area contributed by atoms with Crippen LogP contribution >= 0.6 is 0 Å². The monoisotopic (exact) mass is 291 g/mol. The largest absolute Gasteiger partial charge is 0.467 e. The van der Waals surface area contributed by atoms with E-state index in [1.165, 1.54) is 12.1 Å². The van der Waals surface area contributed by atoms with Gasteiger partial charge in [-0.05, 0) is 12.5 Å². The fourth-order valence-electron chi connectivity index (χ4n) is 1.53. The Labute approximate surface area is 114 Å². The topological polar surface area (TPSA) is 61.5 Å². The summed E-state index contributed by atoms with van der Waals surface area (Å²) in [4.78, 5) is 11.8. The molecule has 0 fully saturated rings. The van der Waals surface area contributed by atoms with Crippen molar-refractivity contribution in [3.63, 3.8) is 0 Å². The first kappa shape index (κ1) is 16.5. The number of methoxy groups -OCH3 is 1. The molecule has 0 bridgehead atoms. The van der Waals surface area contributed by atoms with Crippen molar-refractivity contribution >= 4 is 5.97 Å². The summed E-state index contributed by atoms with van der Waals surface area (Å²) < 4.78 is 46.5. The van der Waals surface area contributed by atoms with E-state index in [2.05, 4.69) is 4.74 Å². The minimum Gasteiger partial charge on any atom is -0.467 e. The highest BCUT2D eigenvalue weighted by Gasteiger charge is 2.42. The van der Waals surface area contributed by atoms with Crippen molar-refractivity contribution in [2.75, 3.05) is 13.7 Å². The van der Waals surface area contributed by atoms with Crippen molar-refractivity contribution in [2.45, 2.75) is 24.7 Å². The van der Waals surface area contributed by atoms with Gasteiger partial charge in [0.1, 0.15) is 0 Å². The van der Waals surface area contributed by atoms with Crippen molar-refractivity contribution in [1.29, 1.82) is 0 Å². The first-order valence-electron chi connectivity index (χ1n) is 5.83. The maximum atomic E-state index is 12.4. The third kappa shape index (κ3) is 3.71. The van der Waals surface area contributed by atoms with Crippen LogP contribution in [-0.4, -0.2) is 32.0 Å². The van der Waals surface area contributed by atoms with E-state index < -0.39 is 30.4 Å². The number of hydrogen-bond acceptors (Lipinski definition) is 4. The summed E-state index contributed by atoms with van der Waals surface area (Å²) in [5.74, 6) is -0.863. The first-order chi connectivity index (χ1) is 9.21. The van der Waals surface area contributed by atoms with E-state index in [9.17, 15) is 18.0 Å². The number of hydrogen-bond donors (Lipinski definition) is 1. The van der Waals surface area contributed by atoms with Gasteiger partial charge in [0.05, 0.1) is 13.7 Å². The van der Waals surface area contributed by atoms with E-state index in [1.54, 1.807) is 18.2 Å². The van der Waals surface area contributed by atoms with E-state index in [4.69, 9.17) is 10.5 Å². The van der Waals surface area contributed by atoms with Gasteiger partial charge in [0.25, 0.3) is 0 Å². The van der Waals surface area contributed by atoms with E-state index in [0.29, 0.717) is 5.56 Å². The number of esters is 1. The fourth-order valence-corrected chi connectivity index (χ4v) is 1.53. The molecule has 112 valence electrons. The molecule has 0 aliphatic carbocycles. The summed E-state index contributed by atoms with van der Waals surface area (Å²) in [6, 6.07) is 7.98. The van der Waals surface area contributed by atoms with Crippen molar-refractivity contribution in [1.82, 2.24) is 0 Å². The Morgan fingerprint density at radius 2 is 1.85 bits per heavy atom. The molecule has 0 amide bonds. The molecule has 0 saturated heterocycles. The minimum atomic E-state index is -4.52. The van der Waals surface area contributed by atoms with Crippen LogP contribution in [0, 0.1) is 0 Å². The smallest absolute Gasteiger partial charge is 0.414 e. The molecule has 1 aromatic carbocycles. The number of carbonyl (C=O) groups excluding carboxylic acids is 1. The number of benzene rings is 1. The predicted molar refractivity (Wildman–Crippen MR) is 65.8 cm³/mol. The van der Waals surface area contributed by atoms with Crippen LogP contribution in [0.15, 0.2) is 30.3 Å². The molecule has 7 heteroatoms. The van der Waals surface area contributed by atoms with Gasteiger partial charge in [-0.15, -0.1) is 0 Å². The van der Waals surface area contributed by atoms with Crippen molar-refractivity contribution in [2.24, 2.45) is 5.73 Å². The third-order valence-electron chi connectivity index (χ3n) is 2.86. The lowest BCUT2D eigenvalue weighted by Gasteiger charge is -2.28. The van der Waals surface area contributed by atoms with Crippen LogP contribution in [0.1, 0.15) is 12.5 Å². The summed E-state index contributed by atoms with van der Waals surface area (Å²) in [6.07, 6.45) is -6.55. The summed E-state index contributed by atoms with van der Waals surface area (Å²) in [6.45, 7) is 0.215. The van der Waals surface area contributed by atoms with Crippen LogP contribution in [0.5, 0.6) is 0 Å². The van der Waals surface area contributed by atoms with E-state index in [0.717, 1.165) is 14.0 Å². The van der Waals surface area contributed by atoms with Gasteiger partial charge in [0.2, 0.25) is 0 Å². The number of rotatable bonds is 5. The maximum absolute atomic E-state index is 12.4. The molecule has 2 unspecified atom stereocenters. The van der Waals surface area contributed by atoms with Crippen LogP contribution in [0.3, 0.4) is 0 Å². The maximum Gasteiger partial charge on any atom is 0.414 e. The van der Waals surface area contributed by atoms with Crippen LogP contribution in [0.25, 0.3) is 0 Å². The third-order valence-corrected chi connectivity index (χ3v) is 2.86. The van der Waals surface area contributed by atoms with Crippen molar-refractivity contribution < 1.29 is 27.4 Å². The van der Waals surface area contributed by atoms with Crippen molar-refractivity contribution in [3.8, 4) is 0 Å². The van der Waals surface area contributed by atoms with Crippen LogP contribution < -0.4 is 5.73 Å². The average Bonchev–Trinajstić information content (AvgIpc) is 2.43. The molecule has 0 heterocycles. The molecule has 0 aromatic heterocycles. The highest BCUT2D eigenvalue weighted by molar-refractivity contribution is 5.82. The zero-order valence-corrected chi connectivity index (χ0v) is 11.1. The molecule has 0 aliphatic heterocycles. The standard InChI is InChI=1S/C13H16F3NO3/c1-9(13(14,15)16)20-8-12(17,11(18)19-2)10-6-4-3-5-7-10/h3-7,9H,8,17H2,1-2H3. The Morgan fingerprint density at radius 3 is 2.30 bits per heavy atom. The van der Waals surface area contributed by atoms with Crippen LogP contribution in [0.2, 0.25) is 0 Å². The molecule has 1 aromatic rings. The van der Waals surface area contributed by atoms with Crippen molar-refractivity contribution in [3.05, 3.63) is 35.9 Å². The first-order valence-corrected chi connectivity index (χ1v) is 5.83. The second kappa shape index (κ2) is 6.23. The highest BCUT2D eigenvalue weighted by Crippen LogP contribution is 2.26. The van der Waals surface area contributed by atoms with Gasteiger partial charge in [0.15, 0.2) is 11.6 Å². The molecule has 0 aliphatic rings. The number of nitrogens with two attached hydrogens (primary N) is 1. The Hall–Kier alpha value is -1.60. The molecular weight excluding hydrogens is 275 g/mol. The quantitative estimate of drug-likeness (QED) is 0.843. The van der Waals surface area contributed by atoms with Crippen LogP contribution in [0.4, 0.5) is 13.2 Å². The summed E-state index contributed by atoms with van der Waals surface area (Å²) >= 11 is 0. The zero-order chi connectivity index (χ0) is 15.4. The second-order valence-corrected chi connectivity index (χ2v) is 4.32. The van der Waals surface area contributed by atoms with Gasteiger partial charge in [-0.25, -0.2) is 4.79 Å². The Balaban J connectivity index is 2.94. The normalized spacial score (nSPS) is 16.3. The number of carbonyl (C=O) groups is 1. The second-order valence-electron chi connectivity index (χ2n) is 4.32. The summed E-state index contributed by atoms with van der Waals surface area (Å²) in [7, 11) is 1.11. The lowest BCUT2D eigenvalue weighted by molar-refractivity contribution is -0.219. The molecule has 0 spiro atoms. The SMILES string of the molecule is COC(=O)C(N)(COC(C)C(F)(F)F)c1ccccc1. The number of halogens is 3. The molecular formula is C13H16F3NO3. The molecule has 2 N–H and O–H groups in total. The Kier molecular flexibility index (Phi) is 5.13. The van der Waals surface area contributed by atoms with Gasteiger partial charge in [-0.2, -0.15) is 13.2 Å². The number of ether oxygens (including phenoxy) is 2. The summed E-state index contributed by atoms with van der Waals surface area (Å²) in [5, 5.41) is 0. The average molecular weight is 291 g/mol. The zero-order valence-electron chi connectivity index (χ0n) is 11.1. The molecule has 1 rings (SSSR count). The van der Waals surface area contributed by atoms with E-state index in [1.807, 2.05) is 0 Å². The number of alkyl halides is 3. The molecule has 2 atom stereocenters. The molecule has 0 saturated carbocycles. The van der Waals surface area contributed by atoms with Gasteiger partial charge >= 0.3 is 12.1 Å². The minimum absolute atomic E-state index is 0.321. The van der Waals surface area contributed by atoms with Gasteiger partial charge in [-0.3, -0.25) is 0 Å². The Morgan fingerprint density at radius 1 is 1.30 bits per heavy atom. The van der Waals surface area contributed by atoms with E-state index in [-0.39, 0.29) is 0 Å². The van der Waals surface area contributed by atoms with Gasteiger partial charge < -0.3 is 15.2 Å². The lowest BCUT2D eigenvalue weighted by atomic mass is 9.92. The van der Waals surface area contributed by atoms with Gasteiger partial charge in [-0.1, -0.05) is 30.3 Å². The molecule has 20 heavy (non-hydrogen) atoms. The lowest BCUT2D eigenvalue weighted by Crippen LogP contribution is -2.51. The molecule has 4 nitrogen and oxygen atoms in total. The highest BCUT2D eigenvalue weighted by atomic mass is 19.4. The Bertz CT molecular complexity index is 450. The predicted octanol–water partition coefficient (Wildman–Crippen LogP) is 1.98. The fraction of sp³-hybridized carbons (Fsp3) is 0.462.